The summed E-state index contributed by atoms with van der Waals surface area (Å²) in [4.78, 5) is 0.885. The molecule has 1 atom stereocenters. The molecule has 0 spiro atoms. The smallest absolute Gasteiger partial charge is 0.155 e. The van der Waals surface area contributed by atoms with Gasteiger partial charge in [-0.05, 0) is 11.5 Å². The molecule has 0 saturated heterocycles. The number of aryl methyl sites for hydroxylation is 1. The van der Waals surface area contributed by atoms with Gasteiger partial charge in [0.2, 0.25) is 0 Å². The Morgan fingerprint density at radius 3 is 2.92 bits per heavy atom. The third-order valence-corrected chi connectivity index (χ3v) is 2.46. The van der Waals surface area contributed by atoms with Gasteiger partial charge in [0.1, 0.15) is 12.4 Å². The predicted molar refractivity (Wildman–Crippen MR) is 46.9 cm³/mol. The van der Waals surface area contributed by atoms with Crippen LogP contribution in [0.5, 0.6) is 0 Å². The quantitative estimate of drug-likeness (QED) is 0.714. The van der Waals surface area contributed by atoms with E-state index in [1.54, 1.807) is 17.1 Å². The second kappa shape index (κ2) is 3.19. The van der Waals surface area contributed by atoms with E-state index in [1.165, 1.54) is 11.5 Å². The van der Waals surface area contributed by atoms with E-state index in [1.807, 2.05) is 7.05 Å². The molecule has 0 radical (unpaired) electrons. The lowest BCUT2D eigenvalue weighted by Gasteiger charge is -2.05. The molecule has 13 heavy (non-hydrogen) atoms. The van der Waals surface area contributed by atoms with Gasteiger partial charge in [0.15, 0.2) is 5.82 Å². The van der Waals surface area contributed by atoms with Gasteiger partial charge in [-0.1, -0.05) is 4.49 Å². The van der Waals surface area contributed by atoms with Crippen LogP contribution in [0.1, 0.15) is 16.7 Å². The molecule has 0 saturated carbocycles. The number of rotatable bonds is 2. The molecule has 0 aliphatic rings. The topological polar surface area (TPSA) is 82.5 Å². The zero-order valence-electron chi connectivity index (χ0n) is 6.95. The second-order valence-corrected chi connectivity index (χ2v) is 3.41. The predicted octanol–water partition coefficient (Wildman–Crippen LogP) is -0.285. The van der Waals surface area contributed by atoms with Crippen molar-refractivity contribution < 1.29 is 0 Å². The fraction of sp³-hybridized carbons (Fsp3) is 0.333. The Morgan fingerprint density at radius 2 is 2.38 bits per heavy atom. The van der Waals surface area contributed by atoms with Crippen LogP contribution < -0.4 is 5.73 Å². The lowest BCUT2D eigenvalue weighted by Crippen LogP contribution is -2.15. The summed E-state index contributed by atoms with van der Waals surface area (Å²) in [5.74, 6) is 0.714. The average molecular weight is 196 g/mol. The molecule has 0 aliphatic carbocycles. The molecule has 2 aromatic rings. The minimum atomic E-state index is -0.285. The molecule has 2 rings (SSSR count). The number of nitrogens with two attached hydrogens (primary N) is 1. The Labute approximate surface area is 78.6 Å². The van der Waals surface area contributed by atoms with Crippen molar-refractivity contribution in [2.24, 2.45) is 12.8 Å². The lowest BCUT2D eigenvalue weighted by molar-refractivity contribution is 0.722. The van der Waals surface area contributed by atoms with Gasteiger partial charge in [0, 0.05) is 7.05 Å². The Hall–Kier alpha value is -1.34. The van der Waals surface area contributed by atoms with Crippen LogP contribution in [0.4, 0.5) is 0 Å². The van der Waals surface area contributed by atoms with Gasteiger partial charge in [-0.2, -0.15) is 0 Å². The van der Waals surface area contributed by atoms with Crippen molar-refractivity contribution in [2.75, 3.05) is 0 Å². The van der Waals surface area contributed by atoms with E-state index in [4.69, 9.17) is 5.73 Å². The summed E-state index contributed by atoms with van der Waals surface area (Å²) < 4.78 is 5.52. The van der Waals surface area contributed by atoms with E-state index < -0.39 is 0 Å². The third kappa shape index (κ3) is 1.43. The van der Waals surface area contributed by atoms with Crippen molar-refractivity contribution in [1.82, 2.24) is 24.4 Å². The summed E-state index contributed by atoms with van der Waals surface area (Å²) in [5, 5.41) is 11.4. The summed E-state index contributed by atoms with van der Waals surface area (Å²) in [6, 6.07) is -0.285. The molecule has 2 N–H and O–H groups in total. The summed E-state index contributed by atoms with van der Waals surface area (Å²) >= 11 is 1.27. The molecule has 2 heterocycles. The summed E-state index contributed by atoms with van der Waals surface area (Å²) in [5.41, 5.74) is 5.91. The molecular weight excluding hydrogens is 188 g/mol. The number of nitrogens with zero attached hydrogens (tertiary/aromatic N) is 5. The summed E-state index contributed by atoms with van der Waals surface area (Å²) in [6.45, 7) is 0. The SMILES string of the molecule is Cn1cnnc1C(N)c1cnns1. The minimum absolute atomic E-state index is 0.285. The van der Waals surface area contributed by atoms with Gasteiger partial charge in [0.25, 0.3) is 0 Å². The molecule has 0 aliphatic heterocycles. The van der Waals surface area contributed by atoms with E-state index in [-0.39, 0.29) is 6.04 Å². The first-order valence-electron chi connectivity index (χ1n) is 3.66. The molecule has 68 valence electrons. The summed E-state index contributed by atoms with van der Waals surface area (Å²) in [7, 11) is 1.85. The van der Waals surface area contributed by atoms with Crippen molar-refractivity contribution in [3.05, 3.63) is 23.2 Å². The van der Waals surface area contributed by atoms with Gasteiger partial charge < -0.3 is 10.3 Å². The molecular formula is C6H8N6S. The fourth-order valence-corrected chi connectivity index (χ4v) is 1.51. The fourth-order valence-electron chi connectivity index (χ4n) is 1.01. The van der Waals surface area contributed by atoms with Crippen LogP contribution in [0.3, 0.4) is 0 Å². The Balaban J connectivity index is 2.33. The highest BCUT2D eigenvalue weighted by Crippen LogP contribution is 2.18. The van der Waals surface area contributed by atoms with Gasteiger partial charge in [0.05, 0.1) is 11.1 Å². The zero-order chi connectivity index (χ0) is 9.26. The first-order chi connectivity index (χ1) is 6.29. The normalized spacial score (nSPS) is 13.1. The molecule has 1 unspecified atom stereocenters. The number of hydrogen-bond acceptors (Lipinski definition) is 6. The van der Waals surface area contributed by atoms with E-state index in [2.05, 4.69) is 19.8 Å². The van der Waals surface area contributed by atoms with E-state index >= 15 is 0 Å². The van der Waals surface area contributed by atoms with Crippen molar-refractivity contribution >= 4 is 11.5 Å². The van der Waals surface area contributed by atoms with Crippen LogP contribution in [0.15, 0.2) is 12.5 Å². The van der Waals surface area contributed by atoms with Gasteiger partial charge in [-0.3, -0.25) is 0 Å². The maximum atomic E-state index is 5.91. The maximum Gasteiger partial charge on any atom is 0.155 e. The van der Waals surface area contributed by atoms with Crippen LogP contribution in [-0.2, 0) is 7.05 Å². The number of hydrogen-bond donors (Lipinski definition) is 1. The Morgan fingerprint density at radius 1 is 1.54 bits per heavy atom. The molecule has 0 amide bonds. The molecule has 0 aromatic carbocycles. The van der Waals surface area contributed by atoms with Crippen molar-refractivity contribution in [2.45, 2.75) is 6.04 Å². The van der Waals surface area contributed by atoms with Gasteiger partial charge in [-0.15, -0.1) is 15.3 Å². The highest BCUT2D eigenvalue weighted by Gasteiger charge is 2.15. The largest absolute Gasteiger partial charge is 0.319 e. The third-order valence-electron chi connectivity index (χ3n) is 1.71. The van der Waals surface area contributed by atoms with Crippen LogP contribution in [-0.4, -0.2) is 24.4 Å². The standard InChI is InChI=1S/C6H8N6S/c1-12-3-9-10-6(12)5(7)4-2-8-11-13-4/h2-3,5H,7H2,1H3. The van der Waals surface area contributed by atoms with E-state index in [0.717, 1.165) is 4.88 Å². The van der Waals surface area contributed by atoms with Crippen LogP contribution in [0.25, 0.3) is 0 Å². The zero-order valence-corrected chi connectivity index (χ0v) is 7.77. The van der Waals surface area contributed by atoms with Crippen molar-refractivity contribution in [3.63, 3.8) is 0 Å². The molecule has 2 aromatic heterocycles. The lowest BCUT2D eigenvalue weighted by atomic mass is 10.2. The molecule has 0 fully saturated rings. The molecule has 7 heteroatoms. The molecule has 0 bridgehead atoms. The molecule has 6 nitrogen and oxygen atoms in total. The monoisotopic (exact) mass is 196 g/mol. The average Bonchev–Trinajstić information content (AvgIpc) is 2.72. The Bertz CT molecular complexity index is 379. The highest BCUT2D eigenvalue weighted by atomic mass is 32.1. The van der Waals surface area contributed by atoms with Crippen molar-refractivity contribution in [3.8, 4) is 0 Å². The first kappa shape index (κ1) is 8.27. The van der Waals surface area contributed by atoms with Crippen LogP contribution in [0.2, 0.25) is 0 Å². The van der Waals surface area contributed by atoms with Crippen LogP contribution >= 0.6 is 11.5 Å². The maximum absolute atomic E-state index is 5.91. The van der Waals surface area contributed by atoms with Gasteiger partial charge in [-0.25, -0.2) is 0 Å². The minimum Gasteiger partial charge on any atom is -0.319 e. The highest BCUT2D eigenvalue weighted by molar-refractivity contribution is 7.05. The van der Waals surface area contributed by atoms with Crippen molar-refractivity contribution in [1.29, 1.82) is 0 Å². The van der Waals surface area contributed by atoms with E-state index in [9.17, 15) is 0 Å². The first-order valence-corrected chi connectivity index (χ1v) is 4.43. The van der Waals surface area contributed by atoms with E-state index in [0.29, 0.717) is 5.82 Å². The number of aromatic nitrogens is 5. The van der Waals surface area contributed by atoms with Gasteiger partial charge >= 0.3 is 0 Å². The Kier molecular flexibility index (Phi) is 2.03. The van der Waals surface area contributed by atoms with Crippen LogP contribution in [0, 0.1) is 0 Å². The second-order valence-electron chi connectivity index (χ2n) is 2.60. The summed E-state index contributed by atoms with van der Waals surface area (Å²) in [6.07, 6.45) is 3.26.